The summed E-state index contributed by atoms with van der Waals surface area (Å²) >= 11 is 0. The molecule has 0 aliphatic rings. The number of ether oxygens (including phenoxy) is 1. The fraction of sp³-hybridized carbons (Fsp3) is 0.154. The van der Waals surface area contributed by atoms with Gasteiger partial charge in [0.25, 0.3) is 0 Å². The summed E-state index contributed by atoms with van der Waals surface area (Å²) in [6.07, 6.45) is 3.39. The van der Waals surface area contributed by atoms with Crippen molar-refractivity contribution in [1.29, 1.82) is 0 Å². The molecule has 0 fully saturated rings. The molecule has 0 saturated heterocycles. The zero-order chi connectivity index (χ0) is 12.1. The van der Waals surface area contributed by atoms with E-state index in [4.69, 9.17) is 10.5 Å². The number of aromatic nitrogens is 1. The maximum Gasteiger partial charge on any atom is 0.120 e. The van der Waals surface area contributed by atoms with E-state index in [1.54, 1.807) is 19.5 Å². The van der Waals surface area contributed by atoms with Gasteiger partial charge in [0.05, 0.1) is 19.0 Å². The van der Waals surface area contributed by atoms with Gasteiger partial charge in [-0.1, -0.05) is 6.07 Å². The third kappa shape index (κ3) is 2.87. The van der Waals surface area contributed by atoms with Crippen molar-refractivity contribution in [1.82, 2.24) is 4.98 Å². The molecule has 1 aromatic heterocycles. The molecule has 0 unspecified atom stereocenters. The molecule has 0 aliphatic heterocycles. The zero-order valence-corrected chi connectivity index (χ0v) is 9.68. The van der Waals surface area contributed by atoms with Gasteiger partial charge in [0, 0.05) is 24.5 Å². The molecule has 1 heterocycles. The Morgan fingerprint density at radius 2 is 2.24 bits per heavy atom. The zero-order valence-electron chi connectivity index (χ0n) is 9.68. The van der Waals surface area contributed by atoms with Crippen LogP contribution in [0.4, 0.5) is 11.4 Å². The predicted molar refractivity (Wildman–Crippen MR) is 69.0 cm³/mol. The number of nitrogen functional groups attached to an aromatic ring is 1. The van der Waals surface area contributed by atoms with Crippen LogP contribution in [0.2, 0.25) is 0 Å². The smallest absolute Gasteiger partial charge is 0.120 e. The number of methoxy groups -OCH3 is 1. The average molecular weight is 229 g/mol. The first-order valence-corrected chi connectivity index (χ1v) is 5.36. The maximum absolute atomic E-state index is 5.81. The Morgan fingerprint density at radius 3 is 3.00 bits per heavy atom. The van der Waals surface area contributed by atoms with E-state index in [2.05, 4.69) is 10.3 Å². The van der Waals surface area contributed by atoms with Gasteiger partial charge in [-0.25, -0.2) is 0 Å². The topological polar surface area (TPSA) is 60.2 Å². The number of nitrogens with zero attached hydrogens (tertiary/aromatic N) is 1. The standard InChI is InChI=1S/C13H15N3O/c1-17-12-4-2-3-11(7-12)16-8-10-5-6-15-9-13(10)14/h2-7,9,16H,8,14H2,1H3. The van der Waals surface area contributed by atoms with E-state index in [-0.39, 0.29) is 0 Å². The Kier molecular flexibility index (Phi) is 3.45. The maximum atomic E-state index is 5.81. The molecule has 0 aliphatic carbocycles. The molecule has 0 saturated carbocycles. The minimum Gasteiger partial charge on any atom is -0.497 e. The Hall–Kier alpha value is -2.23. The molecule has 0 atom stereocenters. The first-order valence-electron chi connectivity index (χ1n) is 5.36. The Morgan fingerprint density at radius 1 is 1.35 bits per heavy atom. The van der Waals surface area contributed by atoms with Gasteiger partial charge >= 0.3 is 0 Å². The second-order valence-corrected chi connectivity index (χ2v) is 3.66. The van der Waals surface area contributed by atoms with Crippen LogP contribution in [0, 0.1) is 0 Å². The summed E-state index contributed by atoms with van der Waals surface area (Å²) < 4.78 is 5.16. The number of nitrogens with one attached hydrogen (secondary N) is 1. The summed E-state index contributed by atoms with van der Waals surface area (Å²) in [5.74, 6) is 0.831. The van der Waals surface area contributed by atoms with Crippen LogP contribution in [0.3, 0.4) is 0 Å². The van der Waals surface area contributed by atoms with Crippen LogP contribution in [-0.4, -0.2) is 12.1 Å². The van der Waals surface area contributed by atoms with Gasteiger partial charge in [-0.05, 0) is 23.8 Å². The number of hydrogen-bond acceptors (Lipinski definition) is 4. The van der Waals surface area contributed by atoms with Crippen LogP contribution in [-0.2, 0) is 6.54 Å². The molecule has 2 rings (SSSR count). The molecule has 88 valence electrons. The molecule has 2 aromatic rings. The number of pyridine rings is 1. The van der Waals surface area contributed by atoms with Crippen molar-refractivity contribution in [3.8, 4) is 5.75 Å². The minimum absolute atomic E-state index is 0.668. The van der Waals surface area contributed by atoms with Gasteiger partial charge < -0.3 is 15.8 Å². The van der Waals surface area contributed by atoms with Gasteiger partial charge in [-0.2, -0.15) is 0 Å². The van der Waals surface area contributed by atoms with Crippen molar-refractivity contribution in [2.45, 2.75) is 6.54 Å². The Labute approximate surface area is 100 Å². The molecule has 0 spiro atoms. The van der Waals surface area contributed by atoms with Crippen LogP contribution in [0.15, 0.2) is 42.7 Å². The third-order valence-corrected chi connectivity index (χ3v) is 2.50. The molecule has 17 heavy (non-hydrogen) atoms. The highest BCUT2D eigenvalue weighted by Crippen LogP contribution is 2.18. The molecule has 1 aromatic carbocycles. The normalized spacial score (nSPS) is 9.94. The van der Waals surface area contributed by atoms with Crippen molar-refractivity contribution in [3.63, 3.8) is 0 Å². The molecular weight excluding hydrogens is 214 g/mol. The first kappa shape index (κ1) is 11.3. The van der Waals surface area contributed by atoms with E-state index in [1.807, 2.05) is 30.3 Å². The number of anilines is 2. The lowest BCUT2D eigenvalue weighted by Crippen LogP contribution is -2.03. The second-order valence-electron chi connectivity index (χ2n) is 3.66. The van der Waals surface area contributed by atoms with Crippen LogP contribution < -0.4 is 15.8 Å². The number of rotatable bonds is 4. The van der Waals surface area contributed by atoms with E-state index in [0.29, 0.717) is 12.2 Å². The van der Waals surface area contributed by atoms with Gasteiger partial charge in [0.2, 0.25) is 0 Å². The fourth-order valence-corrected chi connectivity index (χ4v) is 1.53. The van der Waals surface area contributed by atoms with Crippen molar-refractivity contribution >= 4 is 11.4 Å². The summed E-state index contributed by atoms with van der Waals surface area (Å²) in [6.45, 7) is 0.668. The van der Waals surface area contributed by atoms with Crippen LogP contribution in [0.5, 0.6) is 5.75 Å². The number of nitrogens with two attached hydrogens (primary N) is 1. The minimum atomic E-state index is 0.668. The van der Waals surface area contributed by atoms with Crippen LogP contribution in [0.25, 0.3) is 0 Å². The van der Waals surface area contributed by atoms with Crippen LogP contribution >= 0.6 is 0 Å². The Bertz CT molecular complexity index is 500. The molecule has 0 amide bonds. The molecule has 3 N–H and O–H groups in total. The van der Waals surface area contributed by atoms with E-state index in [0.717, 1.165) is 17.0 Å². The molecule has 0 radical (unpaired) electrons. The quantitative estimate of drug-likeness (QED) is 0.844. The summed E-state index contributed by atoms with van der Waals surface area (Å²) in [5.41, 5.74) is 8.54. The second kappa shape index (κ2) is 5.21. The van der Waals surface area contributed by atoms with Crippen molar-refractivity contribution in [3.05, 3.63) is 48.3 Å². The number of hydrogen-bond donors (Lipinski definition) is 2. The summed E-state index contributed by atoms with van der Waals surface area (Å²) in [6, 6.07) is 9.68. The van der Waals surface area contributed by atoms with Crippen molar-refractivity contribution in [2.24, 2.45) is 0 Å². The molecule has 4 heteroatoms. The summed E-state index contributed by atoms with van der Waals surface area (Å²) in [5, 5.41) is 3.29. The highest BCUT2D eigenvalue weighted by Gasteiger charge is 1.99. The largest absolute Gasteiger partial charge is 0.497 e. The first-order chi connectivity index (χ1) is 8.29. The van der Waals surface area contributed by atoms with E-state index < -0.39 is 0 Å². The lowest BCUT2D eigenvalue weighted by molar-refractivity contribution is 0.415. The number of benzene rings is 1. The SMILES string of the molecule is COc1cccc(NCc2ccncc2N)c1. The highest BCUT2D eigenvalue weighted by molar-refractivity contribution is 5.51. The molecular formula is C13H15N3O. The van der Waals surface area contributed by atoms with Crippen molar-refractivity contribution in [2.75, 3.05) is 18.2 Å². The van der Waals surface area contributed by atoms with E-state index >= 15 is 0 Å². The monoisotopic (exact) mass is 229 g/mol. The van der Waals surface area contributed by atoms with Crippen LogP contribution in [0.1, 0.15) is 5.56 Å². The highest BCUT2D eigenvalue weighted by atomic mass is 16.5. The molecule has 0 bridgehead atoms. The average Bonchev–Trinajstić information content (AvgIpc) is 2.38. The summed E-state index contributed by atoms with van der Waals surface area (Å²) in [7, 11) is 1.65. The predicted octanol–water partition coefficient (Wildman–Crippen LogP) is 2.28. The fourth-order valence-electron chi connectivity index (χ4n) is 1.53. The third-order valence-electron chi connectivity index (χ3n) is 2.50. The Balaban J connectivity index is 2.05. The lowest BCUT2D eigenvalue weighted by Gasteiger charge is -2.09. The summed E-state index contributed by atoms with van der Waals surface area (Å²) in [4.78, 5) is 3.95. The molecule has 4 nitrogen and oxygen atoms in total. The van der Waals surface area contributed by atoms with Gasteiger partial charge in [-0.15, -0.1) is 0 Å². The van der Waals surface area contributed by atoms with Crippen molar-refractivity contribution < 1.29 is 4.74 Å². The lowest BCUT2D eigenvalue weighted by atomic mass is 10.2. The van der Waals surface area contributed by atoms with Gasteiger partial charge in [-0.3, -0.25) is 4.98 Å². The van der Waals surface area contributed by atoms with Gasteiger partial charge in [0.1, 0.15) is 5.75 Å². The van der Waals surface area contributed by atoms with E-state index in [1.165, 1.54) is 0 Å². The van der Waals surface area contributed by atoms with E-state index in [9.17, 15) is 0 Å². The van der Waals surface area contributed by atoms with Gasteiger partial charge in [0.15, 0.2) is 0 Å².